The van der Waals surface area contributed by atoms with Crippen molar-refractivity contribution in [3.8, 4) is 5.75 Å². The van der Waals surface area contributed by atoms with Gasteiger partial charge in [-0.05, 0) is 46.0 Å². The highest BCUT2D eigenvalue weighted by Gasteiger charge is 2.24. The molecule has 1 aromatic rings. The standard InChI is InChI=1S/C14H15ClFNO3S/c1-8(13(18)20-14(2,3)4)19-12-6-11(17-7-21)10(16)5-9(12)15/h5-6,8H,1-4H3. The van der Waals surface area contributed by atoms with Crippen molar-refractivity contribution in [3.63, 3.8) is 0 Å². The smallest absolute Gasteiger partial charge is 0.347 e. The normalized spacial score (nSPS) is 12.3. The number of hydrogen-bond acceptors (Lipinski definition) is 5. The maximum Gasteiger partial charge on any atom is 0.347 e. The Balaban J connectivity index is 2.94. The Morgan fingerprint density at radius 1 is 1.48 bits per heavy atom. The first-order chi connectivity index (χ1) is 9.64. The van der Waals surface area contributed by atoms with Crippen LogP contribution in [0.15, 0.2) is 17.1 Å². The fourth-order valence-electron chi connectivity index (χ4n) is 1.37. The van der Waals surface area contributed by atoms with Gasteiger partial charge in [-0.1, -0.05) is 11.6 Å². The van der Waals surface area contributed by atoms with Gasteiger partial charge >= 0.3 is 5.97 Å². The molecule has 114 valence electrons. The van der Waals surface area contributed by atoms with Crippen LogP contribution < -0.4 is 4.74 Å². The first-order valence-electron chi connectivity index (χ1n) is 6.10. The minimum Gasteiger partial charge on any atom is -0.477 e. The zero-order chi connectivity index (χ0) is 16.2. The van der Waals surface area contributed by atoms with Crippen molar-refractivity contribution in [2.24, 2.45) is 4.99 Å². The van der Waals surface area contributed by atoms with Crippen LogP contribution in [-0.2, 0) is 9.53 Å². The molecule has 0 fully saturated rings. The number of nitrogens with zero attached hydrogens (tertiary/aromatic N) is 1. The van der Waals surface area contributed by atoms with Gasteiger partial charge < -0.3 is 9.47 Å². The number of halogens is 2. The van der Waals surface area contributed by atoms with Crippen LogP contribution in [0.5, 0.6) is 5.75 Å². The number of esters is 1. The van der Waals surface area contributed by atoms with Crippen LogP contribution in [0.3, 0.4) is 0 Å². The average Bonchev–Trinajstić information content (AvgIpc) is 2.33. The Bertz CT molecular complexity index is 595. The van der Waals surface area contributed by atoms with Gasteiger partial charge in [0.25, 0.3) is 0 Å². The van der Waals surface area contributed by atoms with Crippen molar-refractivity contribution in [2.45, 2.75) is 39.4 Å². The van der Waals surface area contributed by atoms with Gasteiger partial charge in [0.1, 0.15) is 17.0 Å². The molecule has 1 aromatic carbocycles. The third-order valence-electron chi connectivity index (χ3n) is 2.21. The van der Waals surface area contributed by atoms with E-state index in [1.165, 1.54) is 13.0 Å². The number of thiocarbonyl (C=S) groups is 1. The highest BCUT2D eigenvalue weighted by molar-refractivity contribution is 7.78. The lowest BCUT2D eigenvalue weighted by molar-refractivity contribution is -0.162. The van der Waals surface area contributed by atoms with E-state index in [1.54, 1.807) is 20.8 Å². The molecule has 0 heterocycles. The number of hydrogen-bond donors (Lipinski definition) is 0. The van der Waals surface area contributed by atoms with Gasteiger partial charge in [-0.3, -0.25) is 0 Å². The van der Waals surface area contributed by atoms with E-state index < -0.39 is 23.5 Å². The number of carbonyl (C=O) groups excluding carboxylic acids is 1. The Hall–Kier alpha value is -1.49. The van der Waals surface area contributed by atoms with E-state index in [4.69, 9.17) is 21.1 Å². The summed E-state index contributed by atoms with van der Waals surface area (Å²) in [5.74, 6) is -1.10. The minimum absolute atomic E-state index is 0.0197. The lowest BCUT2D eigenvalue weighted by atomic mass is 10.2. The molecule has 21 heavy (non-hydrogen) atoms. The predicted octanol–water partition coefficient (Wildman–Crippen LogP) is 4.32. The van der Waals surface area contributed by atoms with Gasteiger partial charge in [0.05, 0.1) is 10.2 Å². The van der Waals surface area contributed by atoms with Gasteiger partial charge in [-0.15, -0.1) is 0 Å². The number of rotatable bonds is 4. The minimum atomic E-state index is -0.906. The van der Waals surface area contributed by atoms with Crippen LogP contribution in [0.2, 0.25) is 5.02 Å². The van der Waals surface area contributed by atoms with E-state index in [1.807, 2.05) is 0 Å². The summed E-state index contributed by atoms with van der Waals surface area (Å²) in [6.45, 7) is 6.74. The summed E-state index contributed by atoms with van der Waals surface area (Å²) in [6.07, 6.45) is -0.906. The second kappa shape index (κ2) is 6.98. The van der Waals surface area contributed by atoms with Gasteiger partial charge in [-0.25, -0.2) is 9.18 Å². The molecule has 0 aliphatic carbocycles. The first kappa shape index (κ1) is 17.6. The molecule has 1 rings (SSSR count). The summed E-state index contributed by atoms with van der Waals surface area (Å²) in [5, 5.41) is 2.08. The molecule has 7 heteroatoms. The van der Waals surface area contributed by atoms with E-state index >= 15 is 0 Å². The molecule has 1 atom stereocenters. The van der Waals surface area contributed by atoms with Crippen LogP contribution in [0.1, 0.15) is 27.7 Å². The summed E-state index contributed by atoms with van der Waals surface area (Å²) < 4.78 is 24.1. The molecule has 0 amide bonds. The van der Waals surface area contributed by atoms with E-state index in [0.29, 0.717) is 0 Å². The monoisotopic (exact) mass is 331 g/mol. The molecular weight excluding hydrogens is 317 g/mol. The molecule has 4 nitrogen and oxygen atoms in total. The van der Waals surface area contributed by atoms with Crippen molar-refractivity contribution in [1.29, 1.82) is 0 Å². The Morgan fingerprint density at radius 2 is 2.10 bits per heavy atom. The third kappa shape index (κ3) is 5.42. The first-order valence-corrected chi connectivity index (χ1v) is 6.89. The fraction of sp³-hybridized carbons (Fsp3) is 0.429. The third-order valence-corrected chi connectivity index (χ3v) is 2.60. The topological polar surface area (TPSA) is 47.9 Å². The Labute approximate surface area is 132 Å². The van der Waals surface area contributed by atoms with E-state index in [-0.39, 0.29) is 16.5 Å². The van der Waals surface area contributed by atoms with Crippen LogP contribution in [0.25, 0.3) is 0 Å². The maximum absolute atomic E-state index is 13.5. The lowest BCUT2D eigenvalue weighted by Gasteiger charge is -2.23. The Morgan fingerprint density at radius 3 is 2.62 bits per heavy atom. The molecule has 0 radical (unpaired) electrons. The van der Waals surface area contributed by atoms with E-state index in [0.717, 1.165) is 6.07 Å². The summed E-state index contributed by atoms with van der Waals surface area (Å²) in [5.41, 5.74) is -0.700. The molecule has 0 saturated carbocycles. The SMILES string of the molecule is CC(Oc1cc(N=C=S)c(F)cc1Cl)C(=O)OC(C)(C)C. The molecule has 0 aromatic heterocycles. The lowest BCUT2D eigenvalue weighted by Crippen LogP contribution is -2.33. The van der Waals surface area contributed by atoms with Gasteiger partial charge in [-0.2, -0.15) is 4.99 Å². The summed E-state index contributed by atoms with van der Waals surface area (Å²) >= 11 is 10.3. The van der Waals surface area contributed by atoms with Crippen molar-refractivity contribution in [2.75, 3.05) is 0 Å². The molecule has 0 N–H and O–H groups in total. The highest BCUT2D eigenvalue weighted by atomic mass is 35.5. The fourth-order valence-corrected chi connectivity index (χ4v) is 1.66. The van der Waals surface area contributed by atoms with Gasteiger partial charge in [0.2, 0.25) is 0 Å². The van der Waals surface area contributed by atoms with E-state index in [9.17, 15) is 9.18 Å². The number of carbonyl (C=O) groups is 1. The molecular formula is C14H15ClFNO3S. The number of aliphatic imine (C=N–C) groups is 1. The quantitative estimate of drug-likeness (QED) is 0.468. The maximum atomic E-state index is 13.5. The van der Waals surface area contributed by atoms with E-state index in [2.05, 4.69) is 22.4 Å². The molecule has 0 aliphatic heterocycles. The number of benzene rings is 1. The Kier molecular flexibility index (Phi) is 5.84. The summed E-state index contributed by atoms with van der Waals surface area (Å²) in [4.78, 5) is 15.4. The van der Waals surface area contributed by atoms with Crippen molar-refractivity contribution in [3.05, 3.63) is 23.0 Å². The average molecular weight is 332 g/mol. The molecule has 0 aliphatic rings. The second-order valence-corrected chi connectivity index (χ2v) is 5.82. The zero-order valence-corrected chi connectivity index (χ0v) is 13.6. The zero-order valence-electron chi connectivity index (χ0n) is 12.1. The molecule has 1 unspecified atom stereocenters. The number of ether oxygens (including phenoxy) is 2. The predicted molar refractivity (Wildman–Crippen MR) is 82.0 cm³/mol. The van der Waals surface area contributed by atoms with Gasteiger partial charge in [0.15, 0.2) is 11.9 Å². The van der Waals surface area contributed by atoms with Crippen molar-refractivity contribution in [1.82, 2.24) is 0 Å². The van der Waals surface area contributed by atoms with Gasteiger partial charge in [0, 0.05) is 6.07 Å². The molecule has 0 bridgehead atoms. The molecule has 0 spiro atoms. The summed E-state index contributed by atoms with van der Waals surface area (Å²) in [7, 11) is 0. The van der Waals surface area contributed by atoms with Crippen LogP contribution >= 0.6 is 23.8 Å². The van der Waals surface area contributed by atoms with Crippen molar-refractivity contribution < 1.29 is 18.7 Å². The largest absolute Gasteiger partial charge is 0.477 e. The van der Waals surface area contributed by atoms with Crippen LogP contribution in [0, 0.1) is 5.82 Å². The van der Waals surface area contributed by atoms with Crippen molar-refractivity contribution >= 4 is 40.6 Å². The molecule has 0 saturated heterocycles. The summed E-state index contributed by atoms with van der Waals surface area (Å²) in [6, 6.07) is 2.28. The van der Waals surface area contributed by atoms with Crippen LogP contribution in [0.4, 0.5) is 10.1 Å². The number of isothiocyanates is 1. The second-order valence-electron chi connectivity index (χ2n) is 5.23. The van der Waals surface area contributed by atoms with Crippen LogP contribution in [-0.4, -0.2) is 22.8 Å². The highest BCUT2D eigenvalue weighted by Crippen LogP contribution is 2.32.